The lowest BCUT2D eigenvalue weighted by atomic mass is 10.1. The number of benzene rings is 1. The summed E-state index contributed by atoms with van der Waals surface area (Å²) in [6.45, 7) is 0.438. The SMILES string of the molecule is COC(=O)c1ccc(COc2cnn(C)c2)cc1. The number of methoxy groups -OCH3 is 1. The highest BCUT2D eigenvalue weighted by atomic mass is 16.5. The van der Waals surface area contributed by atoms with E-state index in [0.717, 1.165) is 11.3 Å². The monoisotopic (exact) mass is 246 g/mol. The Labute approximate surface area is 105 Å². The van der Waals surface area contributed by atoms with Gasteiger partial charge >= 0.3 is 5.97 Å². The third-order valence-electron chi connectivity index (χ3n) is 2.46. The fraction of sp³-hybridized carbons (Fsp3) is 0.231. The van der Waals surface area contributed by atoms with Gasteiger partial charge in [-0.3, -0.25) is 4.68 Å². The average Bonchev–Trinajstić information content (AvgIpc) is 2.82. The lowest BCUT2D eigenvalue weighted by molar-refractivity contribution is 0.0600. The zero-order valence-corrected chi connectivity index (χ0v) is 10.3. The van der Waals surface area contributed by atoms with Crippen LogP contribution >= 0.6 is 0 Å². The molecular weight excluding hydrogens is 232 g/mol. The molecule has 0 unspecified atom stereocenters. The molecule has 0 amide bonds. The minimum atomic E-state index is -0.338. The number of hydrogen-bond acceptors (Lipinski definition) is 4. The Bertz CT molecular complexity index is 531. The zero-order chi connectivity index (χ0) is 13.0. The van der Waals surface area contributed by atoms with Gasteiger partial charge < -0.3 is 9.47 Å². The lowest BCUT2D eigenvalue weighted by Crippen LogP contribution is -2.01. The van der Waals surface area contributed by atoms with Crippen molar-refractivity contribution in [2.24, 2.45) is 7.05 Å². The first-order valence-corrected chi connectivity index (χ1v) is 5.48. The third-order valence-corrected chi connectivity index (χ3v) is 2.46. The molecule has 0 saturated heterocycles. The second-order valence-electron chi connectivity index (χ2n) is 3.83. The van der Waals surface area contributed by atoms with Crippen LogP contribution in [0.1, 0.15) is 15.9 Å². The highest BCUT2D eigenvalue weighted by molar-refractivity contribution is 5.89. The predicted molar refractivity (Wildman–Crippen MR) is 65.3 cm³/mol. The van der Waals surface area contributed by atoms with Crippen molar-refractivity contribution in [3.05, 3.63) is 47.8 Å². The van der Waals surface area contributed by atoms with Gasteiger partial charge in [-0.25, -0.2) is 4.79 Å². The van der Waals surface area contributed by atoms with Crippen LogP contribution in [0, 0.1) is 0 Å². The van der Waals surface area contributed by atoms with Crippen LogP contribution in [0.15, 0.2) is 36.7 Å². The molecule has 1 aromatic carbocycles. The number of esters is 1. The standard InChI is InChI=1S/C13H14N2O3/c1-15-8-12(7-14-15)18-9-10-3-5-11(6-4-10)13(16)17-2/h3-8H,9H2,1-2H3. The van der Waals surface area contributed by atoms with Crippen LogP contribution < -0.4 is 4.74 Å². The minimum Gasteiger partial charge on any atom is -0.486 e. The minimum absolute atomic E-state index is 0.338. The molecule has 5 heteroatoms. The number of rotatable bonds is 4. The van der Waals surface area contributed by atoms with Crippen LogP contribution in [-0.4, -0.2) is 22.9 Å². The fourth-order valence-corrected chi connectivity index (χ4v) is 1.49. The van der Waals surface area contributed by atoms with Gasteiger partial charge in [-0.05, 0) is 17.7 Å². The van der Waals surface area contributed by atoms with Crippen molar-refractivity contribution in [1.82, 2.24) is 9.78 Å². The summed E-state index contributed by atoms with van der Waals surface area (Å²) in [5.74, 6) is 0.379. The van der Waals surface area contributed by atoms with E-state index in [-0.39, 0.29) is 5.97 Å². The molecule has 94 valence electrons. The molecule has 0 N–H and O–H groups in total. The molecule has 0 atom stereocenters. The second-order valence-corrected chi connectivity index (χ2v) is 3.83. The van der Waals surface area contributed by atoms with Crippen molar-refractivity contribution in [3.63, 3.8) is 0 Å². The lowest BCUT2D eigenvalue weighted by Gasteiger charge is -2.04. The molecule has 1 heterocycles. The smallest absolute Gasteiger partial charge is 0.337 e. The first-order valence-electron chi connectivity index (χ1n) is 5.48. The maximum Gasteiger partial charge on any atom is 0.337 e. The van der Waals surface area contributed by atoms with Crippen molar-refractivity contribution in [1.29, 1.82) is 0 Å². The molecule has 18 heavy (non-hydrogen) atoms. The molecule has 2 rings (SSSR count). The zero-order valence-electron chi connectivity index (χ0n) is 10.3. The van der Waals surface area contributed by atoms with Gasteiger partial charge in [0.15, 0.2) is 5.75 Å². The van der Waals surface area contributed by atoms with Gasteiger partial charge in [-0.2, -0.15) is 5.10 Å². The van der Waals surface area contributed by atoms with Gasteiger partial charge in [0, 0.05) is 7.05 Å². The summed E-state index contributed by atoms with van der Waals surface area (Å²) in [5, 5.41) is 4.01. The van der Waals surface area contributed by atoms with Gasteiger partial charge in [0.1, 0.15) is 6.61 Å². The Morgan fingerprint density at radius 1 is 1.33 bits per heavy atom. The number of hydrogen-bond donors (Lipinski definition) is 0. The Morgan fingerprint density at radius 3 is 2.61 bits per heavy atom. The summed E-state index contributed by atoms with van der Waals surface area (Å²) in [5.41, 5.74) is 1.51. The van der Waals surface area contributed by atoms with E-state index in [2.05, 4.69) is 9.84 Å². The molecule has 0 bridgehead atoms. The fourth-order valence-electron chi connectivity index (χ4n) is 1.49. The van der Waals surface area contributed by atoms with E-state index in [1.54, 1.807) is 29.2 Å². The topological polar surface area (TPSA) is 53.4 Å². The largest absolute Gasteiger partial charge is 0.486 e. The van der Waals surface area contributed by atoms with Crippen molar-refractivity contribution in [3.8, 4) is 5.75 Å². The summed E-state index contributed by atoms with van der Waals surface area (Å²) in [4.78, 5) is 11.2. The number of ether oxygens (including phenoxy) is 2. The van der Waals surface area contributed by atoms with E-state index in [9.17, 15) is 4.79 Å². The van der Waals surface area contributed by atoms with E-state index in [0.29, 0.717) is 12.2 Å². The maximum absolute atomic E-state index is 11.2. The van der Waals surface area contributed by atoms with Crippen LogP contribution in [0.4, 0.5) is 0 Å². The Morgan fingerprint density at radius 2 is 2.06 bits per heavy atom. The summed E-state index contributed by atoms with van der Waals surface area (Å²) >= 11 is 0. The number of carbonyl (C=O) groups is 1. The summed E-state index contributed by atoms with van der Waals surface area (Å²) < 4.78 is 11.8. The van der Waals surface area contributed by atoms with E-state index >= 15 is 0 Å². The van der Waals surface area contributed by atoms with Crippen molar-refractivity contribution < 1.29 is 14.3 Å². The highest BCUT2D eigenvalue weighted by Crippen LogP contribution is 2.11. The van der Waals surface area contributed by atoms with E-state index in [1.165, 1.54) is 7.11 Å². The molecule has 2 aromatic rings. The Kier molecular flexibility index (Phi) is 3.62. The van der Waals surface area contributed by atoms with Gasteiger partial charge in [-0.1, -0.05) is 12.1 Å². The maximum atomic E-state index is 11.2. The third kappa shape index (κ3) is 2.88. The molecule has 5 nitrogen and oxygen atoms in total. The Balaban J connectivity index is 1.96. The number of aromatic nitrogens is 2. The van der Waals surface area contributed by atoms with Gasteiger partial charge in [0.2, 0.25) is 0 Å². The normalized spacial score (nSPS) is 10.1. The van der Waals surface area contributed by atoms with E-state index in [4.69, 9.17) is 4.74 Å². The van der Waals surface area contributed by atoms with Crippen molar-refractivity contribution >= 4 is 5.97 Å². The molecular formula is C13H14N2O3. The van der Waals surface area contributed by atoms with Gasteiger partial charge in [-0.15, -0.1) is 0 Å². The molecule has 0 spiro atoms. The van der Waals surface area contributed by atoms with Crippen LogP contribution in [-0.2, 0) is 18.4 Å². The first-order chi connectivity index (χ1) is 8.69. The summed E-state index contributed by atoms with van der Waals surface area (Å²) in [6.07, 6.45) is 3.45. The highest BCUT2D eigenvalue weighted by Gasteiger charge is 2.04. The molecule has 0 aliphatic carbocycles. The number of aryl methyl sites for hydroxylation is 1. The molecule has 0 aliphatic rings. The number of carbonyl (C=O) groups excluding carboxylic acids is 1. The van der Waals surface area contributed by atoms with Crippen molar-refractivity contribution in [2.45, 2.75) is 6.61 Å². The quantitative estimate of drug-likeness (QED) is 0.772. The average molecular weight is 246 g/mol. The molecule has 0 fully saturated rings. The Hall–Kier alpha value is -2.30. The second kappa shape index (κ2) is 5.35. The van der Waals surface area contributed by atoms with E-state index < -0.39 is 0 Å². The molecule has 1 aromatic heterocycles. The van der Waals surface area contributed by atoms with Gasteiger partial charge in [0.05, 0.1) is 25.1 Å². The van der Waals surface area contributed by atoms with Crippen LogP contribution in [0.25, 0.3) is 0 Å². The predicted octanol–water partition coefficient (Wildman–Crippen LogP) is 1.79. The van der Waals surface area contributed by atoms with Crippen LogP contribution in [0.3, 0.4) is 0 Å². The van der Waals surface area contributed by atoms with Crippen molar-refractivity contribution in [2.75, 3.05) is 7.11 Å². The molecule has 0 saturated carbocycles. The summed E-state index contributed by atoms with van der Waals surface area (Å²) in [6, 6.07) is 7.10. The van der Waals surface area contributed by atoms with E-state index in [1.807, 2.05) is 19.2 Å². The van der Waals surface area contributed by atoms with Gasteiger partial charge in [0.25, 0.3) is 0 Å². The number of nitrogens with zero attached hydrogens (tertiary/aromatic N) is 2. The van der Waals surface area contributed by atoms with Crippen LogP contribution in [0.5, 0.6) is 5.75 Å². The van der Waals surface area contributed by atoms with Crippen LogP contribution in [0.2, 0.25) is 0 Å². The molecule has 0 radical (unpaired) electrons. The molecule has 0 aliphatic heterocycles. The first kappa shape index (κ1) is 12.2. The summed E-state index contributed by atoms with van der Waals surface area (Å²) in [7, 11) is 3.19.